The molecule has 2 rings (SSSR count). The van der Waals surface area contributed by atoms with Gasteiger partial charge in [0, 0.05) is 23.1 Å². The lowest BCUT2D eigenvalue weighted by Gasteiger charge is -2.33. The maximum absolute atomic E-state index is 12.4. The molecular formula is C15H20Cl2N2O2. The number of likely N-dealkylation sites (tertiary alicyclic amines) is 1. The highest BCUT2D eigenvalue weighted by molar-refractivity contribution is 6.34. The molecule has 21 heavy (non-hydrogen) atoms. The van der Waals surface area contributed by atoms with Gasteiger partial charge in [-0.2, -0.15) is 0 Å². The minimum Gasteiger partial charge on any atom is -0.481 e. The molecule has 6 heteroatoms. The van der Waals surface area contributed by atoms with Crippen molar-refractivity contribution in [1.82, 2.24) is 4.90 Å². The van der Waals surface area contributed by atoms with Gasteiger partial charge in [0.1, 0.15) is 5.75 Å². The molecule has 1 unspecified atom stereocenters. The second-order valence-electron chi connectivity index (χ2n) is 5.37. The molecule has 1 aromatic carbocycles. The molecule has 1 aliphatic rings. The molecule has 116 valence electrons. The number of nitrogens with two attached hydrogens (primary N) is 1. The van der Waals surface area contributed by atoms with Gasteiger partial charge in [-0.1, -0.05) is 23.2 Å². The van der Waals surface area contributed by atoms with Gasteiger partial charge >= 0.3 is 0 Å². The van der Waals surface area contributed by atoms with Crippen LogP contribution in [0.4, 0.5) is 0 Å². The van der Waals surface area contributed by atoms with E-state index in [0.717, 1.165) is 25.9 Å². The summed E-state index contributed by atoms with van der Waals surface area (Å²) in [4.78, 5) is 14.2. The summed E-state index contributed by atoms with van der Waals surface area (Å²) in [6.45, 7) is 3.91. The van der Waals surface area contributed by atoms with E-state index >= 15 is 0 Å². The molecule has 0 aromatic heterocycles. The van der Waals surface area contributed by atoms with Crippen LogP contribution >= 0.6 is 23.2 Å². The summed E-state index contributed by atoms with van der Waals surface area (Å²) in [7, 11) is 0. The Morgan fingerprint density at radius 2 is 1.90 bits per heavy atom. The van der Waals surface area contributed by atoms with E-state index in [-0.39, 0.29) is 5.91 Å². The van der Waals surface area contributed by atoms with Crippen LogP contribution in [0.3, 0.4) is 0 Å². The van der Waals surface area contributed by atoms with Crippen molar-refractivity contribution in [3.63, 3.8) is 0 Å². The number of halogens is 2. The molecule has 1 saturated heterocycles. The molecular weight excluding hydrogens is 311 g/mol. The van der Waals surface area contributed by atoms with Gasteiger partial charge in [0.25, 0.3) is 5.91 Å². The van der Waals surface area contributed by atoms with Crippen LogP contribution in [0, 0.1) is 5.92 Å². The number of rotatable bonds is 4. The maximum Gasteiger partial charge on any atom is 0.263 e. The lowest BCUT2D eigenvalue weighted by molar-refractivity contribution is -0.139. The first-order valence-corrected chi connectivity index (χ1v) is 7.86. The Bertz CT molecular complexity index is 482. The zero-order chi connectivity index (χ0) is 15.4. The van der Waals surface area contributed by atoms with E-state index in [1.54, 1.807) is 25.1 Å². The fraction of sp³-hybridized carbons (Fsp3) is 0.533. The van der Waals surface area contributed by atoms with Crippen LogP contribution in [0.15, 0.2) is 18.2 Å². The van der Waals surface area contributed by atoms with Crippen molar-refractivity contribution < 1.29 is 9.53 Å². The van der Waals surface area contributed by atoms with Crippen molar-refractivity contribution in [3.8, 4) is 5.75 Å². The molecule has 4 nitrogen and oxygen atoms in total. The van der Waals surface area contributed by atoms with Gasteiger partial charge in [-0.15, -0.1) is 0 Å². The number of nitrogens with zero attached hydrogens (tertiary/aromatic N) is 1. The summed E-state index contributed by atoms with van der Waals surface area (Å²) in [5.41, 5.74) is 5.66. The average molecular weight is 331 g/mol. The normalized spacial score (nSPS) is 17.6. The van der Waals surface area contributed by atoms with E-state index in [0.29, 0.717) is 28.3 Å². The molecule has 0 aliphatic carbocycles. The summed E-state index contributed by atoms with van der Waals surface area (Å²) in [6, 6.07) is 4.93. The molecule has 0 spiro atoms. The molecule has 1 aromatic rings. The van der Waals surface area contributed by atoms with Gasteiger partial charge in [-0.25, -0.2) is 0 Å². The molecule has 1 fully saturated rings. The zero-order valence-corrected chi connectivity index (χ0v) is 13.5. The predicted octanol–water partition coefficient (Wildman–Crippen LogP) is 2.96. The number of ether oxygens (including phenoxy) is 1. The van der Waals surface area contributed by atoms with Crippen LogP contribution in [-0.4, -0.2) is 36.5 Å². The number of hydrogen-bond donors (Lipinski definition) is 1. The van der Waals surface area contributed by atoms with Gasteiger partial charge in [-0.3, -0.25) is 4.79 Å². The van der Waals surface area contributed by atoms with Crippen LogP contribution in [0.1, 0.15) is 19.8 Å². The van der Waals surface area contributed by atoms with Gasteiger partial charge in [0.15, 0.2) is 6.10 Å². The Morgan fingerprint density at radius 1 is 1.33 bits per heavy atom. The molecule has 1 amide bonds. The molecule has 0 bridgehead atoms. The number of carbonyl (C=O) groups is 1. The van der Waals surface area contributed by atoms with E-state index < -0.39 is 6.10 Å². The van der Waals surface area contributed by atoms with E-state index in [9.17, 15) is 4.79 Å². The Morgan fingerprint density at radius 3 is 2.43 bits per heavy atom. The number of carbonyl (C=O) groups excluding carboxylic acids is 1. The molecule has 2 N–H and O–H groups in total. The maximum atomic E-state index is 12.4. The highest BCUT2D eigenvalue weighted by Gasteiger charge is 2.26. The number of hydrogen-bond acceptors (Lipinski definition) is 3. The Hall–Kier alpha value is -0.970. The van der Waals surface area contributed by atoms with Crippen molar-refractivity contribution in [2.45, 2.75) is 25.9 Å². The Kier molecular flexibility index (Phi) is 5.73. The fourth-order valence-electron chi connectivity index (χ4n) is 2.50. The standard InChI is InChI=1S/C15H20Cl2N2O2/c1-10(21-14-7-12(16)6-13(17)8-14)15(20)19-4-2-11(9-18)3-5-19/h6-8,10-11H,2-5,9,18H2,1H3. The third-order valence-corrected chi connectivity index (χ3v) is 4.19. The van der Waals surface area contributed by atoms with Crippen LogP contribution in [0.2, 0.25) is 10.0 Å². The Labute approximate surface area is 135 Å². The van der Waals surface area contributed by atoms with E-state index in [1.807, 2.05) is 4.90 Å². The number of amides is 1. The highest BCUT2D eigenvalue weighted by Crippen LogP contribution is 2.25. The first-order chi connectivity index (χ1) is 9.99. The highest BCUT2D eigenvalue weighted by atomic mass is 35.5. The van der Waals surface area contributed by atoms with Gasteiger partial charge < -0.3 is 15.4 Å². The second-order valence-corrected chi connectivity index (χ2v) is 6.24. The van der Waals surface area contributed by atoms with Crippen LogP contribution in [0.25, 0.3) is 0 Å². The average Bonchev–Trinajstić information content (AvgIpc) is 2.45. The van der Waals surface area contributed by atoms with Crippen LogP contribution < -0.4 is 10.5 Å². The van der Waals surface area contributed by atoms with Crippen molar-refractivity contribution in [2.24, 2.45) is 11.7 Å². The quantitative estimate of drug-likeness (QED) is 0.923. The topological polar surface area (TPSA) is 55.6 Å². The number of piperidine rings is 1. The fourth-order valence-corrected chi connectivity index (χ4v) is 3.00. The van der Waals surface area contributed by atoms with Crippen LogP contribution in [-0.2, 0) is 4.79 Å². The lowest BCUT2D eigenvalue weighted by atomic mass is 9.97. The molecule has 1 aliphatic heterocycles. The largest absolute Gasteiger partial charge is 0.481 e. The summed E-state index contributed by atoms with van der Waals surface area (Å²) >= 11 is 11.8. The number of benzene rings is 1. The van der Waals surface area contributed by atoms with Crippen molar-refractivity contribution in [3.05, 3.63) is 28.2 Å². The third kappa shape index (κ3) is 4.50. The van der Waals surface area contributed by atoms with Gasteiger partial charge in [-0.05, 0) is 50.4 Å². The molecule has 0 radical (unpaired) electrons. The summed E-state index contributed by atoms with van der Waals surface area (Å²) in [6.07, 6.45) is 1.35. The first-order valence-electron chi connectivity index (χ1n) is 7.11. The molecule has 1 heterocycles. The first kappa shape index (κ1) is 16.4. The smallest absolute Gasteiger partial charge is 0.263 e. The van der Waals surface area contributed by atoms with E-state index in [4.69, 9.17) is 33.7 Å². The Balaban J connectivity index is 1.93. The predicted molar refractivity (Wildman–Crippen MR) is 84.9 cm³/mol. The van der Waals surface area contributed by atoms with Crippen molar-refractivity contribution in [1.29, 1.82) is 0 Å². The minimum atomic E-state index is -0.561. The summed E-state index contributed by atoms with van der Waals surface area (Å²) in [5, 5.41) is 0.974. The summed E-state index contributed by atoms with van der Waals surface area (Å²) < 4.78 is 5.66. The van der Waals surface area contributed by atoms with Gasteiger partial charge in [0.05, 0.1) is 0 Å². The SMILES string of the molecule is CC(Oc1cc(Cl)cc(Cl)c1)C(=O)N1CCC(CN)CC1. The summed E-state index contributed by atoms with van der Waals surface area (Å²) in [5.74, 6) is 1.02. The van der Waals surface area contributed by atoms with E-state index in [1.165, 1.54) is 0 Å². The third-order valence-electron chi connectivity index (χ3n) is 3.76. The lowest BCUT2D eigenvalue weighted by Crippen LogP contribution is -2.45. The monoisotopic (exact) mass is 330 g/mol. The zero-order valence-electron chi connectivity index (χ0n) is 12.0. The van der Waals surface area contributed by atoms with Crippen molar-refractivity contribution in [2.75, 3.05) is 19.6 Å². The second kappa shape index (κ2) is 7.34. The van der Waals surface area contributed by atoms with Crippen LogP contribution in [0.5, 0.6) is 5.75 Å². The minimum absolute atomic E-state index is 0.0124. The molecule has 0 saturated carbocycles. The van der Waals surface area contributed by atoms with E-state index in [2.05, 4.69) is 0 Å². The van der Waals surface area contributed by atoms with Crippen molar-refractivity contribution >= 4 is 29.1 Å². The molecule has 1 atom stereocenters. The van der Waals surface area contributed by atoms with Gasteiger partial charge in [0.2, 0.25) is 0 Å².